The molecule has 0 aromatic heterocycles. The van der Waals surface area contributed by atoms with Crippen LogP contribution in [0.3, 0.4) is 0 Å². The minimum Gasteiger partial charge on any atom is -0.507 e. The van der Waals surface area contributed by atoms with Gasteiger partial charge in [0.2, 0.25) is 0 Å². The fourth-order valence-electron chi connectivity index (χ4n) is 3.78. The van der Waals surface area contributed by atoms with Crippen LogP contribution in [0.5, 0.6) is 5.75 Å². The number of benzene rings is 2. The zero-order chi connectivity index (χ0) is 21.8. The molecule has 3 rings (SSSR count). The highest BCUT2D eigenvalue weighted by molar-refractivity contribution is 6.46. The largest absolute Gasteiger partial charge is 0.507 e. The number of Topliss-reactive ketones (excluding diaryl/α,β-unsaturated/α-hetero) is 1. The van der Waals surface area contributed by atoms with Crippen LogP contribution in [0.1, 0.15) is 56.8 Å². The van der Waals surface area contributed by atoms with Gasteiger partial charge in [0, 0.05) is 12.1 Å². The number of amides is 1. The average Bonchev–Trinajstić information content (AvgIpc) is 2.98. The van der Waals surface area contributed by atoms with Crippen LogP contribution < -0.4 is 4.74 Å². The first-order valence-electron chi connectivity index (χ1n) is 10.5. The maximum atomic E-state index is 12.9. The first kappa shape index (κ1) is 21.6. The lowest BCUT2D eigenvalue weighted by Crippen LogP contribution is -2.30. The lowest BCUT2D eigenvalue weighted by Gasteiger charge is -2.25. The first-order chi connectivity index (χ1) is 14.4. The number of ether oxygens (including phenoxy) is 1. The zero-order valence-electron chi connectivity index (χ0n) is 18.0. The molecule has 158 valence electrons. The van der Waals surface area contributed by atoms with Crippen molar-refractivity contribution in [2.75, 3.05) is 6.54 Å². The summed E-state index contributed by atoms with van der Waals surface area (Å²) in [5.41, 5.74) is 2.53. The molecule has 0 radical (unpaired) electrons. The fraction of sp³-hybridized carbons (Fsp3) is 0.360. The summed E-state index contributed by atoms with van der Waals surface area (Å²) in [5.74, 6) is -0.712. The van der Waals surface area contributed by atoms with Crippen molar-refractivity contribution in [2.24, 2.45) is 0 Å². The number of carbonyl (C=O) groups excluding carboxylic acids is 2. The first-order valence-corrected chi connectivity index (χ1v) is 10.5. The van der Waals surface area contributed by atoms with Gasteiger partial charge in [0.1, 0.15) is 11.5 Å². The Morgan fingerprint density at radius 3 is 2.40 bits per heavy atom. The topological polar surface area (TPSA) is 66.8 Å². The standard InChI is InChI=1S/C25H29NO4/c1-5-14-26-22(19-8-7-9-20(15-19)30-16(3)4)21(24(28)25(26)29)23(27)18-12-10-17(6-2)11-13-18/h7-13,15-16,22,27H,5-6,14H2,1-4H3/b23-21-. The Hall–Kier alpha value is -3.08. The van der Waals surface area contributed by atoms with Gasteiger partial charge < -0.3 is 14.7 Å². The highest BCUT2D eigenvalue weighted by atomic mass is 16.5. The second-order valence-electron chi connectivity index (χ2n) is 7.78. The van der Waals surface area contributed by atoms with Crippen LogP contribution in [0.15, 0.2) is 54.1 Å². The Bertz CT molecular complexity index is 959. The van der Waals surface area contributed by atoms with E-state index in [1.807, 2.05) is 57.2 Å². The zero-order valence-corrected chi connectivity index (χ0v) is 18.0. The van der Waals surface area contributed by atoms with Crippen molar-refractivity contribution in [1.82, 2.24) is 4.90 Å². The average molecular weight is 408 g/mol. The van der Waals surface area contributed by atoms with Crippen LogP contribution in [-0.2, 0) is 16.0 Å². The molecule has 1 N–H and O–H groups in total. The van der Waals surface area contributed by atoms with E-state index in [4.69, 9.17) is 4.74 Å². The third-order valence-corrected chi connectivity index (χ3v) is 5.19. The quantitative estimate of drug-likeness (QED) is 0.404. The van der Waals surface area contributed by atoms with Gasteiger partial charge in [0.15, 0.2) is 0 Å². The van der Waals surface area contributed by atoms with Crippen molar-refractivity contribution < 1.29 is 19.4 Å². The summed E-state index contributed by atoms with van der Waals surface area (Å²) in [7, 11) is 0. The molecule has 1 atom stereocenters. The van der Waals surface area contributed by atoms with Crippen LogP contribution in [0.25, 0.3) is 5.76 Å². The monoisotopic (exact) mass is 407 g/mol. The van der Waals surface area contributed by atoms with Crippen molar-refractivity contribution in [3.05, 3.63) is 70.8 Å². The molecule has 5 heteroatoms. The summed E-state index contributed by atoms with van der Waals surface area (Å²) in [4.78, 5) is 27.3. The number of carbonyl (C=O) groups is 2. The fourth-order valence-corrected chi connectivity index (χ4v) is 3.78. The summed E-state index contributed by atoms with van der Waals surface area (Å²) in [6.07, 6.45) is 1.58. The predicted octanol–water partition coefficient (Wildman–Crippen LogP) is 4.87. The van der Waals surface area contributed by atoms with E-state index >= 15 is 0 Å². The minimum absolute atomic E-state index is 0.000618. The van der Waals surface area contributed by atoms with Gasteiger partial charge in [-0.25, -0.2) is 0 Å². The number of hydrogen-bond donors (Lipinski definition) is 1. The molecule has 0 spiro atoms. The summed E-state index contributed by atoms with van der Waals surface area (Å²) in [5, 5.41) is 11.1. The number of nitrogens with zero attached hydrogens (tertiary/aromatic N) is 1. The van der Waals surface area contributed by atoms with E-state index in [-0.39, 0.29) is 17.4 Å². The summed E-state index contributed by atoms with van der Waals surface area (Å²) < 4.78 is 5.80. The molecule has 1 aliphatic rings. The highest BCUT2D eigenvalue weighted by Gasteiger charge is 2.45. The lowest BCUT2D eigenvalue weighted by molar-refractivity contribution is -0.139. The number of aliphatic hydroxyl groups is 1. The van der Waals surface area contributed by atoms with E-state index in [9.17, 15) is 14.7 Å². The van der Waals surface area contributed by atoms with Crippen molar-refractivity contribution in [3.63, 3.8) is 0 Å². The van der Waals surface area contributed by atoms with Gasteiger partial charge in [-0.15, -0.1) is 0 Å². The molecule has 2 aromatic rings. The van der Waals surface area contributed by atoms with E-state index in [2.05, 4.69) is 6.92 Å². The van der Waals surface area contributed by atoms with Crippen LogP contribution in [0.2, 0.25) is 0 Å². The van der Waals surface area contributed by atoms with Crippen molar-refractivity contribution in [2.45, 2.75) is 52.7 Å². The second kappa shape index (κ2) is 9.16. The summed E-state index contributed by atoms with van der Waals surface area (Å²) in [6, 6.07) is 14.2. The minimum atomic E-state index is -0.652. The smallest absolute Gasteiger partial charge is 0.295 e. The third-order valence-electron chi connectivity index (χ3n) is 5.19. The Kier molecular flexibility index (Phi) is 6.60. The van der Waals surface area contributed by atoms with E-state index in [1.54, 1.807) is 17.0 Å². The molecule has 2 aromatic carbocycles. The van der Waals surface area contributed by atoms with Gasteiger partial charge >= 0.3 is 0 Å². The van der Waals surface area contributed by atoms with Crippen LogP contribution in [0, 0.1) is 0 Å². The van der Waals surface area contributed by atoms with Gasteiger partial charge in [-0.3, -0.25) is 9.59 Å². The van der Waals surface area contributed by atoms with Gasteiger partial charge in [-0.05, 0) is 49.9 Å². The molecule has 0 aliphatic carbocycles. The lowest BCUT2D eigenvalue weighted by atomic mass is 9.94. The molecule has 1 aliphatic heterocycles. The SMILES string of the molecule is CCCN1C(=O)C(=O)/C(=C(\O)c2ccc(CC)cc2)C1c1cccc(OC(C)C)c1. The molecular weight excluding hydrogens is 378 g/mol. The summed E-state index contributed by atoms with van der Waals surface area (Å²) >= 11 is 0. The number of ketones is 1. The maximum absolute atomic E-state index is 12.9. The molecule has 1 heterocycles. The molecule has 0 saturated carbocycles. The van der Waals surface area contributed by atoms with Gasteiger partial charge in [-0.1, -0.05) is 50.2 Å². The Balaban J connectivity index is 2.13. The Morgan fingerprint density at radius 1 is 1.10 bits per heavy atom. The van der Waals surface area contributed by atoms with E-state index in [0.717, 1.165) is 17.5 Å². The molecule has 1 saturated heterocycles. The maximum Gasteiger partial charge on any atom is 0.295 e. The van der Waals surface area contributed by atoms with E-state index < -0.39 is 17.7 Å². The van der Waals surface area contributed by atoms with Crippen molar-refractivity contribution >= 4 is 17.4 Å². The summed E-state index contributed by atoms with van der Waals surface area (Å²) in [6.45, 7) is 8.32. The molecule has 30 heavy (non-hydrogen) atoms. The van der Waals surface area contributed by atoms with Gasteiger partial charge in [0.05, 0.1) is 17.7 Å². The molecule has 1 unspecified atom stereocenters. The van der Waals surface area contributed by atoms with Crippen molar-refractivity contribution in [1.29, 1.82) is 0 Å². The normalized spacial score (nSPS) is 18.3. The number of hydrogen-bond acceptors (Lipinski definition) is 4. The number of aliphatic hydroxyl groups excluding tert-OH is 1. The molecule has 1 amide bonds. The van der Waals surface area contributed by atoms with Crippen LogP contribution in [0.4, 0.5) is 0 Å². The van der Waals surface area contributed by atoms with Crippen LogP contribution in [-0.4, -0.2) is 34.3 Å². The van der Waals surface area contributed by atoms with Crippen LogP contribution >= 0.6 is 0 Å². The number of likely N-dealkylation sites (tertiary alicyclic amines) is 1. The second-order valence-corrected chi connectivity index (χ2v) is 7.78. The number of rotatable bonds is 7. The molecule has 0 bridgehead atoms. The van der Waals surface area contributed by atoms with E-state index in [0.29, 0.717) is 24.3 Å². The van der Waals surface area contributed by atoms with E-state index in [1.165, 1.54) is 0 Å². The Labute approximate surface area is 178 Å². The molecular formula is C25H29NO4. The predicted molar refractivity (Wildman–Crippen MR) is 117 cm³/mol. The highest BCUT2D eigenvalue weighted by Crippen LogP contribution is 2.40. The molecule has 5 nitrogen and oxygen atoms in total. The Morgan fingerprint density at radius 2 is 1.80 bits per heavy atom. The van der Waals surface area contributed by atoms with Crippen molar-refractivity contribution in [3.8, 4) is 5.75 Å². The van der Waals surface area contributed by atoms with Gasteiger partial charge in [0.25, 0.3) is 11.7 Å². The third kappa shape index (κ3) is 4.25. The number of aryl methyl sites for hydroxylation is 1. The molecule has 1 fully saturated rings. The van der Waals surface area contributed by atoms with Gasteiger partial charge in [-0.2, -0.15) is 0 Å².